The molecule has 17 heavy (non-hydrogen) atoms. The Morgan fingerprint density at radius 3 is 2.65 bits per heavy atom. The van der Waals surface area contributed by atoms with Gasteiger partial charge in [-0.1, -0.05) is 46.7 Å². The van der Waals surface area contributed by atoms with Crippen molar-refractivity contribution in [1.29, 1.82) is 0 Å². The molecule has 2 aromatic rings. The largest absolute Gasteiger partial charge is 0.350 e. The second kappa shape index (κ2) is 4.22. The first-order valence-corrected chi connectivity index (χ1v) is 7.07. The van der Waals surface area contributed by atoms with Gasteiger partial charge in [-0.05, 0) is 31.1 Å². The molecule has 0 radical (unpaired) electrons. The van der Waals surface area contributed by atoms with Crippen molar-refractivity contribution in [2.24, 2.45) is 0 Å². The molecule has 1 aromatic heterocycles. The molecule has 2 unspecified atom stereocenters. The van der Waals surface area contributed by atoms with E-state index < -0.39 is 0 Å². The Kier molecular flexibility index (Phi) is 2.71. The number of aromatic nitrogens is 1. The number of nitrogens with zero attached hydrogens (tertiary/aromatic N) is 1. The third-order valence-electron chi connectivity index (χ3n) is 3.38. The van der Waals surface area contributed by atoms with Crippen molar-refractivity contribution in [1.82, 2.24) is 5.16 Å². The molecule has 3 heteroatoms. The Hall–Kier alpha value is -1.22. The first-order valence-electron chi connectivity index (χ1n) is 5.85. The highest BCUT2D eigenvalue weighted by atomic mass is 32.2. The number of benzene rings is 1. The molecule has 1 aromatic carbocycles. The van der Waals surface area contributed by atoms with Crippen LogP contribution < -0.4 is 0 Å². The van der Waals surface area contributed by atoms with Gasteiger partial charge in [0.1, 0.15) is 0 Å². The van der Waals surface area contributed by atoms with E-state index in [9.17, 15) is 0 Å². The summed E-state index contributed by atoms with van der Waals surface area (Å²) >= 11 is 1.60. The van der Waals surface area contributed by atoms with Crippen molar-refractivity contribution >= 4 is 11.8 Å². The van der Waals surface area contributed by atoms with Gasteiger partial charge in [-0.15, -0.1) is 0 Å². The van der Waals surface area contributed by atoms with Gasteiger partial charge >= 0.3 is 0 Å². The Balaban J connectivity index is 1.75. The molecule has 1 aliphatic carbocycles. The lowest BCUT2D eigenvalue weighted by Crippen LogP contribution is -1.84. The van der Waals surface area contributed by atoms with Gasteiger partial charge in [0.25, 0.3) is 0 Å². The third-order valence-corrected chi connectivity index (χ3v) is 3.98. The summed E-state index contributed by atoms with van der Waals surface area (Å²) in [6, 6.07) is 10.9. The summed E-state index contributed by atoms with van der Waals surface area (Å²) in [5, 5.41) is 5.06. The zero-order chi connectivity index (χ0) is 11.8. The quantitative estimate of drug-likeness (QED) is 0.765. The molecule has 0 spiro atoms. The van der Waals surface area contributed by atoms with Crippen LogP contribution in [0.2, 0.25) is 0 Å². The Bertz CT molecular complexity index is 517. The van der Waals surface area contributed by atoms with E-state index in [4.69, 9.17) is 4.52 Å². The summed E-state index contributed by atoms with van der Waals surface area (Å²) in [6.07, 6.45) is 3.21. The first-order chi connectivity index (χ1) is 8.28. The van der Waals surface area contributed by atoms with Crippen LogP contribution >= 0.6 is 11.8 Å². The standard InChI is InChI=1S/C14H15NOS/c1-9-3-5-10(6-4-9)11-7-12(11)13-8-14(17-2)16-15-13/h3-6,8,11-12H,7H2,1-2H3. The summed E-state index contributed by atoms with van der Waals surface area (Å²) in [5.74, 6) is 1.19. The fourth-order valence-corrected chi connectivity index (χ4v) is 2.60. The molecule has 0 amide bonds. The smallest absolute Gasteiger partial charge is 0.193 e. The summed E-state index contributed by atoms with van der Waals surface area (Å²) in [5.41, 5.74) is 3.85. The Labute approximate surface area is 105 Å². The molecular formula is C14H15NOS. The van der Waals surface area contributed by atoms with Gasteiger partial charge in [0.05, 0.1) is 5.69 Å². The number of thioether (sulfide) groups is 1. The van der Waals surface area contributed by atoms with E-state index in [1.165, 1.54) is 17.5 Å². The normalized spacial score (nSPS) is 22.7. The zero-order valence-electron chi connectivity index (χ0n) is 10.0. The fourth-order valence-electron chi connectivity index (χ4n) is 2.25. The molecule has 2 nitrogen and oxygen atoms in total. The van der Waals surface area contributed by atoms with Crippen LogP contribution in [0.5, 0.6) is 0 Å². The molecule has 1 fully saturated rings. The lowest BCUT2D eigenvalue weighted by Gasteiger charge is -1.99. The Morgan fingerprint density at radius 1 is 1.24 bits per heavy atom. The number of rotatable bonds is 3. The number of hydrogen-bond donors (Lipinski definition) is 0. The van der Waals surface area contributed by atoms with Crippen molar-refractivity contribution in [3.05, 3.63) is 47.2 Å². The van der Waals surface area contributed by atoms with Crippen LogP contribution in [0.15, 0.2) is 39.9 Å². The molecule has 0 aliphatic heterocycles. The summed E-state index contributed by atoms with van der Waals surface area (Å²) in [7, 11) is 0. The van der Waals surface area contributed by atoms with Gasteiger partial charge in [-0.25, -0.2) is 0 Å². The highest BCUT2D eigenvalue weighted by Gasteiger charge is 2.41. The summed E-state index contributed by atoms with van der Waals surface area (Å²) in [4.78, 5) is 0. The monoisotopic (exact) mass is 245 g/mol. The maximum atomic E-state index is 5.23. The first kappa shape index (κ1) is 10.9. The van der Waals surface area contributed by atoms with Gasteiger partial charge < -0.3 is 4.52 Å². The molecule has 2 atom stereocenters. The SMILES string of the molecule is CSc1cc(C2CC2c2ccc(C)cc2)no1. The van der Waals surface area contributed by atoms with Crippen LogP contribution in [0.4, 0.5) is 0 Å². The van der Waals surface area contributed by atoms with E-state index in [0.29, 0.717) is 11.8 Å². The molecule has 1 saturated carbocycles. The zero-order valence-corrected chi connectivity index (χ0v) is 10.8. The molecule has 88 valence electrons. The minimum absolute atomic E-state index is 0.558. The van der Waals surface area contributed by atoms with Crippen molar-refractivity contribution in [2.75, 3.05) is 6.26 Å². The van der Waals surface area contributed by atoms with Gasteiger partial charge in [0.2, 0.25) is 0 Å². The second-order valence-electron chi connectivity index (χ2n) is 4.63. The highest BCUT2D eigenvalue weighted by Crippen LogP contribution is 2.54. The predicted molar refractivity (Wildman–Crippen MR) is 69.6 cm³/mol. The predicted octanol–water partition coefficient (Wildman–Crippen LogP) is 3.98. The van der Waals surface area contributed by atoms with E-state index in [2.05, 4.69) is 42.4 Å². The van der Waals surface area contributed by atoms with Crippen molar-refractivity contribution in [3.63, 3.8) is 0 Å². The molecule has 3 rings (SSSR count). The van der Waals surface area contributed by atoms with Crippen LogP contribution in [-0.2, 0) is 0 Å². The second-order valence-corrected chi connectivity index (χ2v) is 5.44. The Morgan fingerprint density at radius 2 is 2.00 bits per heavy atom. The molecule has 1 heterocycles. The van der Waals surface area contributed by atoms with Crippen LogP contribution in [0.25, 0.3) is 0 Å². The van der Waals surface area contributed by atoms with Crippen LogP contribution in [0.3, 0.4) is 0 Å². The highest BCUT2D eigenvalue weighted by molar-refractivity contribution is 7.98. The van der Waals surface area contributed by atoms with E-state index in [-0.39, 0.29) is 0 Å². The molecular weight excluding hydrogens is 230 g/mol. The van der Waals surface area contributed by atoms with E-state index >= 15 is 0 Å². The fraction of sp³-hybridized carbons (Fsp3) is 0.357. The van der Waals surface area contributed by atoms with Gasteiger partial charge in [-0.3, -0.25) is 0 Å². The molecule has 0 N–H and O–H groups in total. The minimum atomic E-state index is 0.558. The lowest BCUT2D eigenvalue weighted by molar-refractivity contribution is 0.345. The maximum Gasteiger partial charge on any atom is 0.193 e. The third kappa shape index (κ3) is 2.12. The maximum absolute atomic E-state index is 5.23. The lowest BCUT2D eigenvalue weighted by atomic mass is 10.1. The van der Waals surface area contributed by atoms with Crippen molar-refractivity contribution in [3.8, 4) is 0 Å². The summed E-state index contributed by atoms with van der Waals surface area (Å²) < 4.78 is 5.23. The van der Waals surface area contributed by atoms with Gasteiger partial charge in [0, 0.05) is 12.0 Å². The average molecular weight is 245 g/mol. The van der Waals surface area contributed by atoms with E-state index in [0.717, 1.165) is 10.8 Å². The molecule has 1 aliphatic rings. The van der Waals surface area contributed by atoms with Gasteiger partial charge in [0.15, 0.2) is 5.09 Å². The topological polar surface area (TPSA) is 26.0 Å². The van der Waals surface area contributed by atoms with E-state index in [1.807, 2.05) is 6.26 Å². The van der Waals surface area contributed by atoms with Gasteiger partial charge in [-0.2, -0.15) is 0 Å². The van der Waals surface area contributed by atoms with Crippen LogP contribution in [0.1, 0.15) is 35.1 Å². The summed E-state index contributed by atoms with van der Waals surface area (Å²) in [6.45, 7) is 2.12. The molecule has 0 bridgehead atoms. The average Bonchev–Trinajstić information content (AvgIpc) is 3.00. The van der Waals surface area contributed by atoms with E-state index in [1.54, 1.807) is 11.8 Å². The van der Waals surface area contributed by atoms with Crippen LogP contribution in [0, 0.1) is 6.92 Å². The van der Waals surface area contributed by atoms with Crippen molar-refractivity contribution < 1.29 is 4.52 Å². The van der Waals surface area contributed by atoms with Crippen molar-refractivity contribution in [2.45, 2.75) is 30.3 Å². The van der Waals surface area contributed by atoms with Crippen LogP contribution in [-0.4, -0.2) is 11.4 Å². The number of aryl methyl sites for hydroxylation is 1. The minimum Gasteiger partial charge on any atom is -0.350 e. The molecule has 0 saturated heterocycles. The number of hydrogen-bond acceptors (Lipinski definition) is 3.